The molecule has 1 aliphatic rings. The fourth-order valence-corrected chi connectivity index (χ4v) is 3.54. The van der Waals surface area contributed by atoms with Gasteiger partial charge < -0.3 is 5.32 Å². The highest BCUT2D eigenvalue weighted by Crippen LogP contribution is 2.38. The van der Waals surface area contributed by atoms with E-state index in [0.29, 0.717) is 5.92 Å². The van der Waals surface area contributed by atoms with Gasteiger partial charge in [0, 0.05) is 23.8 Å². The minimum absolute atomic E-state index is 0.104. The Kier molecular flexibility index (Phi) is 3.62. The van der Waals surface area contributed by atoms with Crippen LogP contribution in [0.3, 0.4) is 0 Å². The van der Waals surface area contributed by atoms with Crippen molar-refractivity contribution in [1.82, 2.24) is 10.3 Å². The third-order valence-corrected chi connectivity index (χ3v) is 4.60. The number of halogens is 1. The van der Waals surface area contributed by atoms with E-state index in [1.165, 1.54) is 0 Å². The summed E-state index contributed by atoms with van der Waals surface area (Å²) < 4.78 is 14.0. The van der Waals surface area contributed by atoms with E-state index in [9.17, 15) is 4.39 Å². The first-order valence-corrected chi connectivity index (χ1v) is 7.51. The van der Waals surface area contributed by atoms with Crippen molar-refractivity contribution in [2.75, 3.05) is 13.1 Å². The van der Waals surface area contributed by atoms with E-state index in [0.717, 1.165) is 35.8 Å². The first-order valence-electron chi connectivity index (χ1n) is 6.63. The lowest BCUT2D eigenvalue weighted by atomic mass is 9.79. The zero-order chi connectivity index (χ0) is 13.2. The van der Waals surface area contributed by atoms with E-state index in [1.807, 2.05) is 19.1 Å². The molecule has 1 aromatic carbocycles. The molecule has 1 aliphatic heterocycles. The zero-order valence-corrected chi connectivity index (χ0v) is 11.7. The fourth-order valence-electron chi connectivity index (χ4n) is 2.87. The van der Waals surface area contributed by atoms with Gasteiger partial charge in [0.15, 0.2) is 0 Å². The smallest absolute Gasteiger partial charge is 0.126 e. The van der Waals surface area contributed by atoms with E-state index in [-0.39, 0.29) is 11.7 Å². The maximum absolute atomic E-state index is 14.0. The molecule has 0 bridgehead atoms. The SMILES string of the molecule is Cc1nc(C2CCNCC2c2ccccc2F)cs1. The molecule has 4 heteroatoms. The molecule has 0 spiro atoms. The molecule has 3 rings (SSSR count). The van der Waals surface area contributed by atoms with Gasteiger partial charge in [-0.2, -0.15) is 0 Å². The normalized spacial score (nSPS) is 23.5. The van der Waals surface area contributed by atoms with Crippen molar-refractivity contribution in [3.63, 3.8) is 0 Å². The van der Waals surface area contributed by atoms with Gasteiger partial charge in [-0.1, -0.05) is 18.2 Å². The Morgan fingerprint density at radius 1 is 1.32 bits per heavy atom. The average Bonchev–Trinajstić information content (AvgIpc) is 2.86. The van der Waals surface area contributed by atoms with Gasteiger partial charge in [-0.15, -0.1) is 11.3 Å². The van der Waals surface area contributed by atoms with Crippen LogP contribution in [0.1, 0.15) is 34.5 Å². The second-order valence-corrected chi connectivity index (χ2v) is 6.08. The Bertz CT molecular complexity index is 567. The number of rotatable bonds is 2. The molecule has 0 saturated carbocycles. The van der Waals surface area contributed by atoms with Crippen molar-refractivity contribution < 1.29 is 4.39 Å². The Morgan fingerprint density at radius 2 is 2.16 bits per heavy atom. The van der Waals surface area contributed by atoms with Crippen LogP contribution in [-0.2, 0) is 0 Å². The largest absolute Gasteiger partial charge is 0.316 e. The quantitative estimate of drug-likeness (QED) is 0.908. The number of aryl methyl sites for hydroxylation is 1. The molecule has 2 unspecified atom stereocenters. The summed E-state index contributed by atoms with van der Waals surface area (Å²) in [5, 5.41) is 6.58. The third-order valence-electron chi connectivity index (χ3n) is 3.80. The lowest BCUT2D eigenvalue weighted by Gasteiger charge is -2.31. The van der Waals surface area contributed by atoms with Gasteiger partial charge in [-0.05, 0) is 31.5 Å². The van der Waals surface area contributed by atoms with Gasteiger partial charge >= 0.3 is 0 Å². The molecule has 2 heterocycles. The van der Waals surface area contributed by atoms with Crippen LogP contribution in [0.2, 0.25) is 0 Å². The molecule has 2 aromatic rings. The predicted octanol–water partition coefficient (Wildman–Crippen LogP) is 3.45. The minimum Gasteiger partial charge on any atom is -0.316 e. The summed E-state index contributed by atoms with van der Waals surface area (Å²) in [7, 11) is 0. The lowest BCUT2D eigenvalue weighted by Crippen LogP contribution is -2.34. The van der Waals surface area contributed by atoms with E-state index < -0.39 is 0 Å². The second-order valence-electron chi connectivity index (χ2n) is 5.02. The molecule has 0 amide bonds. The highest BCUT2D eigenvalue weighted by Gasteiger charge is 2.30. The lowest BCUT2D eigenvalue weighted by molar-refractivity contribution is 0.389. The molecule has 0 radical (unpaired) electrons. The third kappa shape index (κ3) is 2.55. The number of hydrogen-bond donors (Lipinski definition) is 1. The molecular weight excluding hydrogens is 259 g/mol. The van der Waals surface area contributed by atoms with Gasteiger partial charge in [-0.3, -0.25) is 0 Å². The number of nitrogens with zero attached hydrogens (tertiary/aromatic N) is 1. The standard InChI is InChI=1S/C15H17FN2S/c1-10-18-15(9-19-10)12-6-7-17-8-13(12)11-4-2-3-5-14(11)16/h2-5,9,12-13,17H,6-8H2,1H3. The van der Waals surface area contributed by atoms with Crippen LogP contribution in [0.25, 0.3) is 0 Å². The molecule has 100 valence electrons. The molecule has 1 fully saturated rings. The van der Waals surface area contributed by atoms with Crippen LogP contribution >= 0.6 is 11.3 Å². The van der Waals surface area contributed by atoms with E-state index >= 15 is 0 Å². The number of nitrogens with one attached hydrogen (secondary N) is 1. The van der Waals surface area contributed by atoms with Gasteiger partial charge in [0.05, 0.1) is 10.7 Å². The predicted molar refractivity (Wildman–Crippen MR) is 76.2 cm³/mol. The van der Waals surface area contributed by atoms with Gasteiger partial charge in [-0.25, -0.2) is 9.37 Å². The number of aromatic nitrogens is 1. The van der Waals surface area contributed by atoms with E-state index in [2.05, 4.69) is 15.7 Å². The van der Waals surface area contributed by atoms with Crippen molar-refractivity contribution in [3.8, 4) is 0 Å². The van der Waals surface area contributed by atoms with Crippen LogP contribution in [0.4, 0.5) is 4.39 Å². The fraction of sp³-hybridized carbons (Fsp3) is 0.400. The highest BCUT2D eigenvalue weighted by molar-refractivity contribution is 7.09. The number of hydrogen-bond acceptors (Lipinski definition) is 3. The van der Waals surface area contributed by atoms with Crippen molar-refractivity contribution in [1.29, 1.82) is 0 Å². The number of thiazole rings is 1. The Morgan fingerprint density at radius 3 is 2.89 bits per heavy atom. The van der Waals surface area contributed by atoms with Gasteiger partial charge in [0.1, 0.15) is 5.82 Å². The van der Waals surface area contributed by atoms with Crippen molar-refractivity contribution >= 4 is 11.3 Å². The van der Waals surface area contributed by atoms with Gasteiger partial charge in [0.2, 0.25) is 0 Å². The summed E-state index contributed by atoms with van der Waals surface area (Å²) in [5.74, 6) is 0.396. The van der Waals surface area contributed by atoms with Crippen LogP contribution in [0.5, 0.6) is 0 Å². The molecule has 19 heavy (non-hydrogen) atoms. The summed E-state index contributed by atoms with van der Waals surface area (Å²) in [5.41, 5.74) is 1.93. The highest BCUT2D eigenvalue weighted by atomic mass is 32.1. The first-order chi connectivity index (χ1) is 9.25. The number of piperidine rings is 1. The van der Waals surface area contributed by atoms with Crippen molar-refractivity contribution in [2.45, 2.75) is 25.2 Å². The first kappa shape index (κ1) is 12.8. The summed E-state index contributed by atoms with van der Waals surface area (Å²) in [6.07, 6.45) is 1.02. The van der Waals surface area contributed by atoms with Crippen molar-refractivity contribution in [3.05, 3.63) is 51.7 Å². The molecule has 2 nitrogen and oxygen atoms in total. The summed E-state index contributed by atoms with van der Waals surface area (Å²) in [6, 6.07) is 7.11. The molecular formula is C15H17FN2S. The number of benzene rings is 1. The summed E-state index contributed by atoms with van der Waals surface area (Å²) in [4.78, 5) is 4.61. The minimum atomic E-state index is -0.104. The molecule has 1 N–H and O–H groups in total. The van der Waals surface area contributed by atoms with Crippen LogP contribution in [0, 0.1) is 12.7 Å². The topological polar surface area (TPSA) is 24.9 Å². The van der Waals surface area contributed by atoms with E-state index in [1.54, 1.807) is 23.5 Å². The average molecular weight is 276 g/mol. The molecule has 0 aliphatic carbocycles. The molecule has 2 atom stereocenters. The maximum atomic E-state index is 14.0. The summed E-state index contributed by atoms with van der Waals surface area (Å²) >= 11 is 1.67. The van der Waals surface area contributed by atoms with Crippen LogP contribution in [-0.4, -0.2) is 18.1 Å². The van der Waals surface area contributed by atoms with E-state index in [4.69, 9.17) is 0 Å². The van der Waals surface area contributed by atoms with Crippen molar-refractivity contribution in [2.24, 2.45) is 0 Å². The van der Waals surface area contributed by atoms with Crippen LogP contribution in [0.15, 0.2) is 29.6 Å². The molecule has 1 saturated heterocycles. The Balaban J connectivity index is 1.96. The Hall–Kier alpha value is -1.26. The van der Waals surface area contributed by atoms with Crippen LogP contribution < -0.4 is 5.32 Å². The maximum Gasteiger partial charge on any atom is 0.126 e. The second kappa shape index (κ2) is 5.39. The Labute approximate surface area is 116 Å². The molecule has 1 aromatic heterocycles. The zero-order valence-electron chi connectivity index (χ0n) is 10.9. The monoisotopic (exact) mass is 276 g/mol. The van der Waals surface area contributed by atoms with Gasteiger partial charge in [0.25, 0.3) is 0 Å². The summed E-state index contributed by atoms with van der Waals surface area (Å²) in [6.45, 7) is 3.82.